The van der Waals surface area contributed by atoms with Gasteiger partial charge in [-0.2, -0.15) is 0 Å². The largest absolute Gasteiger partial charge is 0.333 e. The Balaban J connectivity index is 1.89. The monoisotopic (exact) mass is 353 g/mol. The van der Waals surface area contributed by atoms with Gasteiger partial charge in [0.2, 0.25) is 0 Å². The lowest BCUT2D eigenvalue weighted by Gasteiger charge is -2.31. The minimum Gasteiger partial charge on any atom is -0.324 e. The van der Waals surface area contributed by atoms with Gasteiger partial charge in [-0.3, -0.25) is 9.09 Å². The topological polar surface area (TPSA) is 46.5 Å². The average Bonchev–Trinajstić information content (AvgIpc) is 2.61. The van der Waals surface area contributed by atoms with Crippen LogP contribution in [0.4, 0.5) is 0 Å². The fourth-order valence-electron chi connectivity index (χ4n) is 2.91. The molecule has 0 aliphatic heterocycles. The molecule has 4 heteroatoms. The maximum absolute atomic E-state index is 12.7. The Kier molecular flexibility index (Phi) is 5.10. The van der Waals surface area contributed by atoms with Crippen molar-refractivity contribution < 1.29 is 14.0 Å². The summed E-state index contributed by atoms with van der Waals surface area (Å²) >= 11 is 0. The van der Waals surface area contributed by atoms with Gasteiger partial charge in [-0.15, -0.1) is 0 Å². The first kappa shape index (κ1) is 17.9. The van der Waals surface area contributed by atoms with Crippen molar-refractivity contribution in [1.29, 1.82) is 0 Å². The zero-order valence-corrected chi connectivity index (χ0v) is 15.2. The summed E-state index contributed by atoms with van der Waals surface area (Å²) in [6.45, 7) is 6.04. The van der Waals surface area contributed by atoms with Crippen molar-refractivity contribution in [3.8, 4) is 0 Å². The molecule has 3 aromatic carbocycles. The molecule has 0 fully saturated rings. The lowest BCUT2D eigenvalue weighted by atomic mass is 9.91. The molecular weight excluding hydrogens is 331 g/mol. The Morgan fingerprint density at radius 1 is 1.00 bits per heavy atom. The van der Waals surface area contributed by atoms with Gasteiger partial charge in [0.05, 0.1) is 6.16 Å². The van der Waals surface area contributed by atoms with Crippen LogP contribution in [-0.4, -0.2) is 4.89 Å². The maximum atomic E-state index is 12.7. The second-order valence-electron chi connectivity index (χ2n) is 6.28. The van der Waals surface area contributed by atoms with E-state index in [4.69, 9.17) is 4.52 Å². The SMILES string of the molecule is [CH2]C(CC)(OP(=O)(O)Cc1ccccc1)c1ccc2ccccc2c1. The lowest BCUT2D eigenvalue weighted by Crippen LogP contribution is -2.24. The summed E-state index contributed by atoms with van der Waals surface area (Å²) in [5, 5.41) is 2.17. The van der Waals surface area contributed by atoms with Gasteiger partial charge in [0.15, 0.2) is 0 Å². The van der Waals surface area contributed by atoms with E-state index in [0.717, 1.165) is 21.9 Å². The zero-order valence-electron chi connectivity index (χ0n) is 14.3. The molecule has 3 rings (SSSR count). The summed E-state index contributed by atoms with van der Waals surface area (Å²) in [5.41, 5.74) is 0.504. The van der Waals surface area contributed by atoms with E-state index >= 15 is 0 Å². The second kappa shape index (κ2) is 7.13. The predicted octanol–water partition coefficient (Wildman–Crippen LogP) is 5.68. The van der Waals surface area contributed by atoms with Gasteiger partial charge < -0.3 is 4.89 Å². The van der Waals surface area contributed by atoms with Crippen LogP contribution in [0.3, 0.4) is 0 Å². The van der Waals surface area contributed by atoms with Gasteiger partial charge in [0, 0.05) is 0 Å². The molecule has 1 N–H and O–H groups in total. The van der Waals surface area contributed by atoms with Gasteiger partial charge in [0.25, 0.3) is 0 Å². The first-order valence-corrected chi connectivity index (χ1v) is 10.1. The molecule has 0 aliphatic rings. The Bertz CT molecular complexity index is 907. The molecule has 0 saturated carbocycles. The summed E-state index contributed by atoms with van der Waals surface area (Å²) in [6.07, 6.45) is 0.462. The highest BCUT2D eigenvalue weighted by Gasteiger charge is 2.35. The lowest BCUT2D eigenvalue weighted by molar-refractivity contribution is 0.0933. The molecule has 0 aliphatic carbocycles. The normalized spacial score (nSPS) is 16.3. The quantitative estimate of drug-likeness (QED) is 0.580. The van der Waals surface area contributed by atoms with Crippen LogP contribution in [0, 0.1) is 6.92 Å². The predicted molar refractivity (Wildman–Crippen MR) is 102 cm³/mol. The Labute approximate surface area is 148 Å². The number of rotatable bonds is 6. The molecule has 3 nitrogen and oxygen atoms in total. The molecular formula is C21H22O3P. The van der Waals surface area contributed by atoms with Crippen LogP contribution in [0.2, 0.25) is 0 Å². The number of benzene rings is 3. The fraction of sp³-hybridized carbons (Fsp3) is 0.190. The fourth-order valence-corrected chi connectivity index (χ4v) is 4.43. The van der Waals surface area contributed by atoms with E-state index in [-0.39, 0.29) is 6.16 Å². The smallest absolute Gasteiger partial charge is 0.324 e. The van der Waals surface area contributed by atoms with E-state index in [1.54, 1.807) is 0 Å². The van der Waals surface area contributed by atoms with E-state index in [1.165, 1.54) is 0 Å². The van der Waals surface area contributed by atoms with Gasteiger partial charge in [-0.25, -0.2) is 0 Å². The Morgan fingerprint density at radius 3 is 2.32 bits per heavy atom. The van der Waals surface area contributed by atoms with Crippen LogP contribution < -0.4 is 0 Å². The van der Waals surface area contributed by atoms with E-state index in [1.807, 2.05) is 79.7 Å². The first-order chi connectivity index (χ1) is 11.9. The molecule has 2 unspecified atom stereocenters. The molecule has 2 atom stereocenters. The van der Waals surface area contributed by atoms with Crippen LogP contribution in [-0.2, 0) is 20.9 Å². The van der Waals surface area contributed by atoms with Gasteiger partial charge in [0.1, 0.15) is 5.60 Å². The molecule has 1 radical (unpaired) electrons. The summed E-state index contributed by atoms with van der Waals surface area (Å²) in [4.78, 5) is 10.4. The van der Waals surface area contributed by atoms with Crippen molar-refractivity contribution in [3.05, 3.63) is 90.8 Å². The van der Waals surface area contributed by atoms with Gasteiger partial charge in [-0.1, -0.05) is 73.7 Å². The van der Waals surface area contributed by atoms with Gasteiger partial charge in [-0.05, 0) is 41.3 Å². The van der Waals surface area contributed by atoms with E-state index in [0.29, 0.717) is 6.42 Å². The average molecular weight is 353 g/mol. The molecule has 0 bridgehead atoms. The third kappa shape index (κ3) is 4.19. The van der Waals surface area contributed by atoms with Crippen molar-refractivity contribution >= 4 is 18.4 Å². The van der Waals surface area contributed by atoms with Crippen molar-refractivity contribution in [2.75, 3.05) is 0 Å². The van der Waals surface area contributed by atoms with Crippen molar-refractivity contribution in [2.24, 2.45) is 0 Å². The van der Waals surface area contributed by atoms with E-state index < -0.39 is 13.2 Å². The summed E-state index contributed by atoms with van der Waals surface area (Å²) in [5.74, 6) is 0. The standard InChI is InChI=1S/C21H22O3P/c1-3-21(2,20-14-13-18-11-7-8-12-19(18)15-20)24-25(22,23)16-17-9-5-4-6-10-17/h4-15H,2-3,16H2,1H3,(H,22,23). The molecule has 129 valence electrons. The van der Waals surface area contributed by atoms with E-state index in [2.05, 4.69) is 6.92 Å². The minimum atomic E-state index is -3.84. The molecule has 0 amide bonds. The number of fused-ring (bicyclic) bond motifs is 1. The summed E-state index contributed by atoms with van der Waals surface area (Å²) < 4.78 is 18.4. The second-order valence-corrected chi connectivity index (χ2v) is 8.06. The Hall–Kier alpha value is -1.93. The van der Waals surface area contributed by atoms with Crippen LogP contribution >= 0.6 is 7.60 Å². The zero-order chi connectivity index (χ0) is 17.9. The molecule has 0 saturated heterocycles. The molecule has 25 heavy (non-hydrogen) atoms. The highest BCUT2D eigenvalue weighted by molar-refractivity contribution is 7.52. The highest BCUT2D eigenvalue weighted by atomic mass is 31.2. The van der Waals surface area contributed by atoms with Crippen LogP contribution in [0.15, 0.2) is 72.8 Å². The minimum absolute atomic E-state index is 0.0291. The Morgan fingerprint density at radius 2 is 1.64 bits per heavy atom. The molecule has 3 aromatic rings. The number of hydrogen-bond donors (Lipinski definition) is 1. The van der Waals surface area contributed by atoms with Crippen LogP contribution in [0.25, 0.3) is 10.8 Å². The molecule has 0 aromatic heterocycles. The summed E-state index contributed by atoms with van der Waals surface area (Å²) in [7, 11) is -3.84. The van der Waals surface area contributed by atoms with Crippen molar-refractivity contribution in [2.45, 2.75) is 25.1 Å². The van der Waals surface area contributed by atoms with Crippen LogP contribution in [0.5, 0.6) is 0 Å². The van der Waals surface area contributed by atoms with E-state index in [9.17, 15) is 9.46 Å². The highest BCUT2D eigenvalue weighted by Crippen LogP contribution is 2.52. The summed E-state index contributed by atoms with van der Waals surface area (Å²) in [6, 6.07) is 23.1. The first-order valence-electron chi connectivity index (χ1n) is 8.33. The van der Waals surface area contributed by atoms with Crippen molar-refractivity contribution in [1.82, 2.24) is 0 Å². The maximum Gasteiger partial charge on any atom is 0.333 e. The third-order valence-electron chi connectivity index (χ3n) is 4.39. The van der Waals surface area contributed by atoms with Crippen LogP contribution in [0.1, 0.15) is 24.5 Å². The van der Waals surface area contributed by atoms with Gasteiger partial charge >= 0.3 is 7.60 Å². The van der Waals surface area contributed by atoms with Crippen molar-refractivity contribution in [3.63, 3.8) is 0 Å². The molecule has 0 heterocycles. The number of hydrogen-bond acceptors (Lipinski definition) is 2. The molecule has 0 spiro atoms. The third-order valence-corrected chi connectivity index (χ3v) is 5.79.